The normalized spacial score (nSPS) is 12.2. The van der Waals surface area contributed by atoms with Crippen molar-refractivity contribution in [3.05, 3.63) is 154 Å². The number of aryl methyl sites for hydroxylation is 2. The molecule has 18 nitrogen and oxygen atoms in total. The van der Waals surface area contributed by atoms with E-state index in [4.69, 9.17) is 23.7 Å². The van der Waals surface area contributed by atoms with Gasteiger partial charge in [-0.05, 0) is 98.3 Å². The number of rotatable bonds is 21. The molecule has 0 N–H and O–H groups in total. The molecule has 0 saturated heterocycles. The summed E-state index contributed by atoms with van der Waals surface area (Å²) >= 11 is 0. The largest absolute Gasteiger partial charge is 0.464 e. The fourth-order valence-corrected chi connectivity index (χ4v) is 6.77. The van der Waals surface area contributed by atoms with E-state index in [1.807, 2.05) is 68.2 Å². The number of nitriles is 2. The van der Waals surface area contributed by atoms with Crippen molar-refractivity contribution in [2.24, 2.45) is 5.41 Å². The highest BCUT2D eigenvalue weighted by atomic mass is 16.5. The molecule has 2 aromatic heterocycles. The number of aromatic nitrogens is 6. The molecule has 0 atom stereocenters. The van der Waals surface area contributed by atoms with Gasteiger partial charge in [-0.25, -0.2) is 19.0 Å². The predicted molar refractivity (Wildman–Crippen MR) is 256 cm³/mol. The highest BCUT2D eigenvalue weighted by Gasteiger charge is 2.24. The topological polar surface area (TPSA) is 227 Å². The number of ether oxygens (including phenoxy) is 5. The molecule has 0 amide bonds. The zero-order valence-electron chi connectivity index (χ0n) is 39.7. The Morgan fingerprint density at radius 2 is 1.16 bits per heavy atom. The molecule has 0 saturated carbocycles. The smallest absolute Gasteiger partial charge is 0.338 e. The molecule has 70 heavy (non-hydrogen) atoms. The molecule has 18 heteroatoms. The Balaban J connectivity index is 1.05. The highest BCUT2D eigenvalue weighted by Crippen LogP contribution is 2.34. The molecule has 0 fully saturated rings. The molecule has 1 aliphatic rings. The Morgan fingerprint density at radius 1 is 0.671 bits per heavy atom. The van der Waals surface area contributed by atoms with Gasteiger partial charge in [0.05, 0.1) is 85.4 Å². The molecule has 0 bridgehead atoms. The second-order valence-electron chi connectivity index (χ2n) is 16.7. The van der Waals surface area contributed by atoms with E-state index in [0.29, 0.717) is 63.8 Å². The maximum Gasteiger partial charge on any atom is 0.338 e. The standard InChI is InChI=1S/C52H53N9O9/c1-6-66-50(64)37-11-19-44(20-12-37)60-34-41(55-57-60)15-24-48(62)68-28-26-59(27-29-69-49(63)25-16-42-35-61(58-56-42)45-21-13-38(14-22-45)51(65)67-7-2)43-17-8-36(9-18-43)10-23-46-30-39(40(32-53)33-54)31-47(70-46)52(3,4)5/h8-14,17-23,30-31,34-35H,6-7,15-16,24-29H2,1-5H3/b23-10+. The van der Waals surface area contributed by atoms with E-state index in [0.717, 1.165) is 11.3 Å². The summed E-state index contributed by atoms with van der Waals surface area (Å²) in [5.74, 6) is -0.588. The van der Waals surface area contributed by atoms with Crippen LogP contribution in [0.3, 0.4) is 0 Å². The number of nitrogens with zero attached hydrogens (tertiary/aromatic N) is 9. The number of anilines is 1. The second kappa shape index (κ2) is 24.4. The Hall–Kier alpha value is -8.64. The Labute approximate surface area is 405 Å². The van der Waals surface area contributed by atoms with Gasteiger partial charge in [0.25, 0.3) is 0 Å². The van der Waals surface area contributed by atoms with Crippen molar-refractivity contribution in [2.45, 2.75) is 60.3 Å². The van der Waals surface area contributed by atoms with Crippen LogP contribution in [0.4, 0.5) is 5.69 Å². The van der Waals surface area contributed by atoms with Crippen LogP contribution in [0.25, 0.3) is 17.5 Å². The van der Waals surface area contributed by atoms with Gasteiger partial charge in [-0.1, -0.05) is 49.4 Å². The molecular weight excluding hydrogens is 895 g/mol. The van der Waals surface area contributed by atoms with Crippen LogP contribution in [0.5, 0.6) is 0 Å². The Bertz CT molecular complexity index is 2720. The van der Waals surface area contributed by atoms with Crippen LogP contribution in [0.2, 0.25) is 0 Å². The molecule has 0 unspecified atom stereocenters. The van der Waals surface area contributed by atoms with E-state index in [1.165, 1.54) is 0 Å². The van der Waals surface area contributed by atoms with Crippen molar-refractivity contribution in [2.75, 3.05) is 44.4 Å². The summed E-state index contributed by atoms with van der Waals surface area (Å²) in [6.45, 7) is 10.7. The average molecular weight is 948 g/mol. The molecule has 360 valence electrons. The predicted octanol–water partition coefficient (Wildman–Crippen LogP) is 7.56. The summed E-state index contributed by atoms with van der Waals surface area (Å²) in [7, 11) is 0. The van der Waals surface area contributed by atoms with Gasteiger partial charge in [0.15, 0.2) is 0 Å². The monoisotopic (exact) mass is 947 g/mol. The van der Waals surface area contributed by atoms with Gasteiger partial charge < -0.3 is 28.6 Å². The summed E-state index contributed by atoms with van der Waals surface area (Å²) in [6, 6.07) is 25.0. The summed E-state index contributed by atoms with van der Waals surface area (Å²) in [6.07, 6.45) is 11.1. The van der Waals surface area contributed by atoms with Crippen LogP contribution in [0.1, 0.15) is 85.1 Å². The van der Waals surface area contributed by atoms with Crippen LogP contribution < -0.4 is 4.90 Å². The molecular formula is C52H53N9O9. The van der Waals surface area contributed by atoms with Crippen LogP contribution in [0, 0.1) is 28.1 Å². The molecule has 5 aromatic rings. The van der Waals surface area contributed by atoms with Crippen LogP contribution in [0.15, 0.2) is 126 Å². The lowest BCUT2D eigenvalue weighted by Crippen LogP contribution is -2.32. The molecule has 0 aliphatic carbocycles. The summed E-state index contributed by atoms with van der Waals surface area (Å²) < 4.78 is 30.6. The van der Waals surface area contributed by atoms with Crippen molar-refractivity contribution in [1.82, 2.24) is 30.0 Å². The van der Waals surface area contributed by atoms with E-state index in [2.05, 4.69) is 20.6 Å². The molecule has 3 aromatic carbocycles. The highest BCUT2D eigenvalue weighted by molar-refractivity contribution is 5.90. The fraction of sp³-hybridized carbons (Fsp3) is 0.308. The first-order valence-corrected chi connectivity index (χ1v) is 22.6. The quantitative estimate of drug-likeness (QED) is 0.0393. The minimum atomic E-state index is -0.427. The summed E-state index contributed by atoms with van der Waals surface area (Å²) in [5, 5.41) is 35.7. The fourth-order valence-electron chi connectivity index (χ4n) is 6.77. The van der Waals surface area contributed by atoms with E-state index in [9.17, 15) is 29.7 Å². The molecule has 6 rings (SSSR count). The van der Waals surface area contributed by atoms with Gasteiger partial charge in [-0.3, -0.25) is 9.59 Å². The third kappa shape index (κ3) is 14.4. The van der Waals surface area contributed by atoms with Crippen molar-refractivity contribution in [3.8, 4) is 23.5 Å². The molecule has 0 radical (unpaired) electrons. The van der Waals surface area contributed by atoms with Crippen molar-refractivity contribution < 1.29 is 42.9 Å². The van der Waals surface area contributed by atoms with Crippen molar-refractivity contribution >= 4 is 35.6 Å². The lowest BCUT2D eigenvalue weighted by molar-refractivity contribution is -0.143. The van der Waals surface area contributed by atoms with Crippen LogP contribution in [-0.2, 0) is 46.1 Å². The third-order valence-corrected chi connectivity index (χ3v) is 10.5. The number of carbonyl (C=O) groups is 4. The number of esters is 4. The third-order valence-electron chi connectivity index (χ3n) is 10.5. The molecule has 0 spiro atoms. The van der Waals surface area contributed by atoms with Gasteiger partial charge in [-0.2, -0.15) is 10.5 Å². The van der Waals surface area contributed by atoms with Gasteiger partial charge in [-0.15, -0.1) is 10.2 Å². The minimum Gasteiger partial charge on any atom is -0.464 e. The molecule has 3 heterocycles. The van der Waals surface area contributed by atoms with E-state index in [1.54, 1.807) is 102 Å². The summed E-state index contributed by atoms with van der Waals surface area (Å²) in [4.78, 5) is 51.8. The van der Waals surface area contributed by atoms with Gasteiger partial charge in [0, 0.05) is 29.5 Å². The zero-order chi connectivity index (χ0) is 50.0. The maximum atomic E-state index is 12.9. The van der Waals surface area contributed by atoms with Crippen LogP contribution in [-0.4, -0.2) is 93.4 Å². The average Bonchev–Trinajstić information content (AvgIpc) is 4.05. The van der Waals surface area contributed by atoms with Gasteiger partial charge in [0.2, 0.25) is 0 Å². The second-order valence-corrected chi connectivity index (χ2v) is 16.7. The Morgan fingerprint density at radius 3 is 1.60 bits per heavy atom. The summed E-state index contributed by atoms with van der Waals surface area (Å²) in [5.41, 5.74) is 5.08. The Kier molecular flexibility index (Phi) is 17.7. The van der Waals surface area contributed by atoms with Crippen molar-refractivity contribution in [3.63, 3.8) is 0 Å². The first-order chi connectivity index (χ1) is 33.8. The maximum absolute atomic E-state index is 12.9. The van der Waals surface area contributed by atoms with E-state index >= 15 is 0 Å². The van der Waals surface area contributed by atoms with Gasteiger partial charge >= 0.3 is 23.9 Å². The lowest BCUT2D eigenvalue weighted by Gasteiger charge is -2.26. The molecule has 1 aliphatic heterocycles. The zero-order valence-corrected chi connectivity index (χ0v) is 39.7. The van der Waals surface area contributed by atoms with Crippen molar-refractivity contribution in [1.29, 1.82) is 10.5 Å². The number of hydrogen-bond donors (Lipinski definition) is 0. The van der Waals surface area contributed by atoms with E-state index in [-0.39, 0.29) is 63.3 Å². The first-order valence-electron chi connectivity index (χ1n) is 22.6. The number of benzene rings is 3. The SMILES string of the molecule is CCOC(=O)c1ccc(-n2cc(CCC(=O)OCCN(CCOC(=O)CCc3cn(-c4ccc(C(=O)OCC)cc4)nn3)c3ccc(/C=C/C4=CC(=C(C#N)C#N)C=C(C(C)(C)C)O4)cc3)nn2)cc1. The first kappa shape index (κ1) is 50.8. The van der Waals surface area contributed by atoms with Crippen LogP contribution >= 0.6 is 0 Å². The number of allylic oxidation sites excluding steroid dienone is 6. The van der Waals surface area contributed by atoms with E-state index < -0.39 is 23.9 Å². The number of hydrogen-bond acceptors (Lipinski definition) is 16. The number of carbonyl (C=O) groups excluding carboxylic acids is 4. The minimum absolute atomic E-state index is 0.0135. The lowest BCUT2D eigenvalue weighted by atomic mass is 9.90. The van der Waals surface area contributed by atoms with Gasteiger partial charge in [0.1, 0.15) is 42.4 Å².